The van der Waals surface area contributed by atoms with Gasteiger partial charge in [0.2, 0.25) is 0 Å². The Balaban J connectivity index is 2.24. The van der Waals surface area contributed by atoms with Crippen molar-refractivity contribution in [1.29, 1.82) is 0 Å². The average molecular weight is 187 g/mol. The quantitative estimate of drug-likeness (QED) is 0.516. The SMILES string of the molecule is O=N[C@@H]1CC=CC[C@H]1c1ccccc1. The molecule has 0 aromatic heterocycles. The number of hydrogen-bond acceptors (Lipinski definition) is 2. The van der Waals surface area contributed by atoms with Crippen LogP contribution in [-0.4, -0.2) is 6.04 Å². The molecule has 0 unspecified atom stereocenters. The molecule has 0 aliphatic heterocycles. The lowest BCUT2D eigenvalue weighted by Crippen LogP contribution is -2.17. The molecule has 2 atom stereocenters. The van der Waals surface area contributed by atoms with Crippen molar-refractivity contribution in [3.05, 3.63) is 53.0 Å². The van der Waals surface area contributed by atoms with E-state index in [0.29, 0.717) is 0 Å². The lowest BCUT2D eigenvalue weighted by atomic mass is 9.84. The third-order valence-electron chi connectivity index (χ3n) is 2.76. The average Bonchev–Trinajstić information content (AvgIpc) is 2.30. The van der Waals surface area contributed by atoms with E-state index in [-0.39, 0.29) is 12.0 Å². The van der Waals surface area contributed by atoms with Gasteiger partial charge in [-0.05, 0) is 18.4 Å². The van der Waals surface area contributed by atoms with Crippen molar-refractivity contribution >= 4 is 0 Å². The Morgan fingerprint density at radius 1 is 1.07 bits per heavy atom. The lowest BCUT2D eigenvalue weighted by molar-refractivity contribution is 0.520. The number of nitroso groups, excluding NO2 is 1. The summed E-state index contributed by atoms with van der Waals surface area (Å²) in [5.74, 6) is 0.277. The Bertz CT molecular complexity index is 331. The molecule has 0 amide bonds. The van der Waals surface area contributed by atoms with Crippen LogP contribution in [0, 0.1) is 4.91 Å². The molecule has 1 aromatic rings. The van der Waals surface area contributed by atoms with Crippen LogP contribution >= 0.6 is 0 Å². The molecule has 2 rings (SSSR count). The van der Waals surface area contributed by atoms with Gasteiger partial charge in [-0.2, -0.15) is 4.91 Å². The lowest BCUT2D eigenvalue weighted by Gasteiger charge is -2.23. The number of rotatable bonds is 2. The Morgan fingerprint density at radius 3 is 2.50 bits per heavy atom. The van der Waals surface area contributed by atoms with Gasteiger partial charge in [0.15, 0.2) is 0 Å². The number of hydrogen-bond donors (Lipinski definition) is 0. The highest BCUT2D eigenvalue weighted by Gasteiger charge is 2.24. The first-order valence-corrected chi connectivity index (χ1v) is 4.94. The number of nitrogens with zero attached hydrogens (tertiary/aromatic N) is 1. The van der Waals surface area contributed by atoms with Gasteiger partial charge >= 0.3 is 0 Å². The van der Waals surface area contributed by atoms with Crippen LogP contribution in [0.2, 0.25) is 0 Å². The normalized spacial score (nSPS) is 26.0. The van der Waals surface area contributed by atoms with Gasteiger partial charge in [0, 0.05) is 5.92 Å². The van der Waals surface area contributed by atoms with E-state index in [2.05, 4.69) is 23.4 Å². The van der Waals surface area contributed by atoms with Crippen LogP contribution in [0.4, 0.5) is 0 Å². The van der Waals surface area contributed by atoms with Crippen LogP contribution in [0.3, 0.4) is 0 Å². The molecular weight excluding hydrogens is 174 g/mol. The zero-order valence-corrected chi connectivity index (χ0v) is 7.97. The van der Waals surface area contributed by atoms with Gasteiger partial charge in [0.25, 0.3) is 0 Å². The Morgan fingerprint density at radius 2 is 1.79 bits per heavy atom. The maximum atomic E-state index is 10.7. The minimum Gasteiger partial charge on any atom is -0.150 e. The van der Waals surface area contributed by atoms with Gasteiger partial charge in [0.05, 0.1) is 0 Å². The highest BCUT2D eigenvalue weighted by atomic mass is 16.3. The fourth-order valence-corrected chi connectivity index (χ4v) is 1.97. The Hall–Kier alpha value is -1.44. The van der Waals surface area contributed by atoms with Crippen molar-refractivity contribution < 1.29 is 0 Å². The molecule has 2 nitrogen and oxygen atoms in total. The van der Waals surface area contributed by atoms with E-state index in [1.165, 1.54) is 5.56 Å². The smallest absolute Gasteiger partial charge is 0.102 e. The molecule has 0 bridgehead atoms. The summed E-state index contributed by atoms with van der Waals surface area (Å²) in [6, 6.07) is 10.1. The molecule has 0 heterocycles. The van der Waals surface area contributed by atoms with E-state index < -0.39 is 0 Å². The van der Waals surface area contributed by atoms with Crippen LogP contribution in [0.5, 0.6) is 0 Å². The molecular formula is C12H13NO. The summed E-state index contributed by atoms with van der Waals surface area (Å²) in [7, 11) is 0. The third-order valence-corrected chi connectivity index (χ3v) is 2.76. The molecule has 72 valence electrons. The fourth-order valence-electron chi connectivity index (χ4n) is 1.97. The molecule has 1 aromatic carbocycles. The van der Waals surface area contributed by atoms with Gasteiger partial charge in [-0.25, -0.2) is 0 Å². The summed E-state index contributed by atoms with van der Waals surface area (Å²) in [6.45, 7) is 0. The Kier molecular flexibility index (Phi) is 2.73. The topological polar surface area (TPSA) is 29.4 Å². The summed E-state index contributed by atoms with van der Waals surface area (Å²) < 4.78 is 0. The predicted octanol–water partition coefficient (Wildman–Crippen LogP) is 3.26. The predicted molar refractivity (Wildman–Crippen MR) is 57.1 cm³/mol. The molecule has 0 saturated heterocycles. The number of benzene rings is 1. The number of allylic oxidation sites excluding steroid dienone is 1. The standard InChI is InChI=1S/C12H13NO/c14-13-12-9-5-4-8-11(12)10-6-2-1-3-7-10/h1-7,11-12H,8-9H2/t11-,12+/m0/s1. The third kappa shape index (κ3) is 1.74. The zero-order valence-electron chi connectivity index (χ0n) is 7.97. The van der Waals surface area contributed by atoms with Crippen LogP contribution in [0.25, 0.3) is 0 Å². The van der Waals surface area contributed by atoms with Gasteiger partial charge in [0.1, 0.15) is 6.04 Å². The van der Waals surface area contributed by atoms with Crippen molar-refractivity contribution in [3.63, 3.8) is 0 Å². The van der Waals surface area contributed by atoms with Crippen molar-refractivity contribution in [3.8, 4) is 0 Å². The zero-order chi connectivity index (χ0) is 9.80. The summed E-state index contributed by atoms with van der Waals surface area (Å²) in [4.78, 5) is 10.7. The molecule has 0 N–H and O–H groups in total. The van der Waals surface area contributed by atoms with Crippen molar-refractivity contribution in [2.45, 2.75) is 24.8 Å². The highest BCUT2D eigenvalue weighted by Crippen LogP contribution is 2.31. The summed E-state index contributed by atoms with van der Waals surface area (Å²) in [5.41, 5.74) is 1.22. The van der Waals surface area contributed by atoms with Gasteiger partial charge in [-0.3, -0.25) is 0 Å². The van der Waals surface area contributed by atoms with Gasteiger partial charge in [-0.15, -0.1) is 0 Å². The van der Waals surface area contributed by atoms with Gasteiger partial charge in [-0.1, -0.05) is 47.7 Å². The molecule has 0 saturated carbocycles. The first kappa shape index (κ1) is 9.13. The first-order chi connectivity index (χ1) is 6.92. The van der Waals surface area contributed by atoms with E-state index in [9.17, 15) is 4.91 Å². The molecule has 14 heavy (non-hydrogen) atoms. The molecule has 0 radical (unpaired) electrons. The highest BCUT2D eigenvalue weighted by molar-refractivity contribution is 5.24. The second kappa shape index (κ2) is 4.18. The largest absolute Gasteiger partial charge is 0.150 e. The molecule has 1 aliphatic carbocycles. The minimum atomic E-state index is -0.0811. The maximum absolute atomic E-state index is 10.7. The van der Waals surface area contributed by atoms with Crippen LogP contribution in [-0.2, 0) is 0 Å². The summed E-state index contributed by atoms with van der Waals surface area (Å²) in [5, 5.41) is 3.20. The van der Waals surface area contributed by atoms with E-state index in [1.54, 1.807) is 0 Å². The van der Waals surface area contributed by atoms with Crippen LogP contribution in [0.1, 0.15) is 24.3 Å². The van der Waals surface area contributed by atoms with Crippen LogP contribution in [0.15, 0.2) is 47.7 Å². The van der Waals surface area contributed by atoms with E-state index in [4.69, 9.17) is 0 Å². The molecule has 0 spiro atoms. The summed E-state index contributed by atoms with van der Waals surface area (Å²) >= 11 is 0. The second-order valence-electron chi connectivity index (χ2n) is 3.63. The monoisotopic (exact) mass is 187 g/mol. The molecule has 0 fully saturated rings. The minimum absolute atomic E-state index is 0.0811. The van der Waals surface area contributed by atoms with Crippen molar-refractivity contribution in [2.75, 3.05) is 0 Å². The second-order valence-corrected chi connectivity index (χ2v) is 3.63. The van der Waals surface area contributed by atoms with Crippen molar-refractivity contribution in [1.82, 2.24) is 0 Å². The van der Waals surface area contributed by atoms with Crippen molar-refractivity contribution in [2.24, 2.45) is 5.18 Å². The fraction of sp³-hybridized carbons (Fsp3) is 0.333. The van der Waals surface area contributed by atoms with Crippen LogP contribution < -0.4 is 0 Å². The first-order valence-electron chi connectivity index (χ1n) is 4.94. The van der Waals surface area contributed by atoms with Gasteiger partial charge < -0.3 is 0 Å². The molecule has 1 aliphatic rings. The van der Waals surface area contributed by atoms with E-state index in [0.717, 1.165) is 12.8 Å². The van der Waals surface area contributed by atoms with E-state index in [1.807, 2.05) is 24.3 Å². The van der Waals surface area contributed by atoms with E-state index >= 15 is 0 Å². The summed E-state index contributed by atoms with van der Waals surface area (Å²) in [6.07, 6.45) is 5.90. The maximum Gasteiger partial charge on any atom is 0.102 e. The Labute approximate surface area is 83.6 Å². The molecule has 2 heteroatoms.